The number of hydrogen-bond acceptors (Lipinski definition) is 5. The molecule has 2 aromatic carbocycles. The molecule has 2 aromatic rings. The zero-order valence-corrected chi connectivity index (χ0v) is 17.9. The van der Waals surface area contributed by atoms with Crippen molar-refractivity contribution < 1.29 is 24.2 Å². The third-order valence-electron chi connectivity index (χ3n) is 4.92. The zero-order chi connectivity index (χ0) is 23.0. The summed E-state index contributed by atoms with van der Waals surface area (Å²) in [4.78, 5) is 36.7. The molecule has 8 nitrogen and oxygen atoms in total. The number of ether oxygens (including phenoxy) is 1. The molecule has 0 fully saturated rings. The second kappa shape index (κ2) is 11.1. The Labute approximate surface area is 181 Å². The summed E-state index contributed by atoms with van der Waals surface area (Å²) in [5.74, 6) is -1.46. The highest BCUT2D eigenvalue weighted by Gasteiger charge is 2.29. The van der Waals surface area contributed by atoms with Crippen molar-refractivity contribution >= 4 is 17.9 Å². The number of nitrogens with one attached hydrogen (secondary N) is 2. The largest absolute Gasteiger partial charge is 0.445 e. The summed E-state index contributed by atoms with van der Waals surface area (Å²) in [7, 11) is 0. The molecule has 0 saturated carbocycles. The molecule has 0 unspecified atom stereocenters. The van der Waals surface area contributed by atoms with Gasteiger partial charge in [-0.1, -0.05) is 48.5 Å². The van der Waals surface area contributed by atoms with E-state index in [9.17, 15) is 19.5 Å². The van der Waals surface area contributed by atoms with E-state index in [0.717, 1.165) is 22.3 Å². The number of hydrogen-bond donors (Lipinski definition) is 4. The monoisotopic (exact) mass is 427 g/mol. The summed E-state index contributed by atoms with van der Waals surface area (Å²) in [6, 6.07) is 12.4. The van der Waals surface area contributed by atoms with Crippen molar-refractivity contribution in [1.29, 1.82) is 0 Å². The van der Waals surface area contributed by atoms with Crippen molar-refractivity contribution in [1.82, 2.24) is 10.6 Å². The smallest absolute Gasteiger partial charge is 0.408 e. The standard InChI is InChI=1S/C23H29N3O5/c1-14-9-10-18(11-15(14)2)12-19(21(24)28)25-22(29)20(16(3)27)26-23(30)31-13-17-7-5-4-6-8-17/h4-11,16,19-20,27H,12-13H2,1-3H3,(H2,24,28)(H,25,29)(H,26,30)/t16-,19-,20+/m1/s1. The number of aliphatic hydroxyl groups is 1. The number of nitrogens with two attached hydrogens (primary N) is 1. The van der Waals surface area contributed by atoms with Crippen LogP contribution in [0.15, 0.2) is 48.5 Å². The fourth-order valence-corrected chi connectivity index (χ4v) is 2.95. The lowest BCUT2D eigenvalue weighted by molar-refractivity contribution is -0.130. The quantitative estimate of drug-likeness (QED) is 0.482. The third kappa shape index (κ3) is 7.42. The fourth-order valence-electron chi connectivity index (χ4n) is 2.95. The molecule has 0 aliphatic carbocycles. The van der Waals surface area contributed by atoms with Gasteiger partial charge in [0.25, 0.3) is 0 Å². The highest BCUT2D eigenvalue weighted by atomic mass is 16.5. The van der Waals surface area contributed by atoms with Crippen LogP contribution in [-0.2, 0) is 27.4 Å². The summed E-state index contributed by atoms with van der Waals surface area (Å²) < 4.78 is 5.10. The predicted molar refractivity (Wildman–Crippen MR) is 116 cm³/mol. The Morgan fingerprint density at radius 2 is 1.68 bits per heavy atom. The topological polar surface area (TPSA) is 131 Å². The minimum atomic E-state index is -1.31. The average molecular weight is 428 g/mol. The first-order chi connectivity index (χ1) is 14.7. The summed E-state index contributed by atoms with van der Waals surface area (Å²) in [6.45, 7) is 5.29. The van der Waals surface area contributed by atoms with E-state index in [-0.39, 0.29) is 13.0 Å². The SMILES string of the molecule is Cc1ccc(C[C@@H](NC(=O)[C@@H](NC(=O)OCc2ccccc2)[C@@H](C)O)C(N)=O)cc1C. The number of amides is 3. The van der Waals surface area contributed by atoms with Crippen LogP contribution in [0, 0.1) is 13.8 Å². The molecule has 3 atom stereocenters. The van der Waals surface area contributed by atoms with Gasteiger partial charge in [0.2, 0.25) is 11.8 Å². The second-order valence-corrected chi connectivity index (χ2v) is 7.51. The van der Waals surface area contributed by atoms with E-state index in [1.807, 2.05) is 50.2 Å². The van der Waals surface area contributed by atoms with Gasteiger partial charge in [0.05, 0.1) is 6.10 Å². The van der Waals surface area contributed by atoms with E-state index in [1.165, 1.54) is 6.92 Å². The van der Waals surface area contributed by atoms with Gasteiger partial charge in [-0.25, -0.2) is 4.79 Å². The van der Waals surface area contributed by atoms with Crippen LogP contribution >= 0.6 is 0 Å². The number of carbonyl (C=O) groups excluding carboxylic acids is 3. The van der Waals surface area contributed by atoms with E-state index in [0.29, 0.717) is 0 Å². The Kier molecular flexibility index (Phi) is 8.57. The van der Waals surface area contributed by atoms with Crippen molar-refractivity contribution in [3.8, 4) is 0 Å². The Morgan fingerprint density at radius 3 is 2.26 bits per heavy atom. The highest BCUT2D eigenvalue weighted by Crippen LogP contribution is 2.12. The molecule has 0 aliphatic heterocycles. The lowest BCUT2D eigenvalue weighted by Gasteiger charge is -2.23. The number of alkyl carbamates (subject to hydrolysis) is 1. The molecule has 166 valence electrons. The summed E-state index contributed by atoms with van der Waals surface area (Å²) in [5.41, 5.74) is 9.23. The average Bonchev–Trinajstić information content (AvgIpc) is 2.73. The predicted octanol–water partition coefficient (Wildman–Crippen LogP) is 1.49. The van der Waals surface area contributed by atoms with Gasteiger partial charge >= 0.3 is 6.09 Å². The van der Waals surface area contributed by atoms with Gasteiger partial charge in [-0.3, -0.25) is 9.59 Å². The first kappa shape index (κ1) is 23.9. The number of carbonyl (C=O) groups is 3. The van der Waals surface area contributed by atoms with Crippen LogP contribution in [-0.4, -0.2) is 41.2 Å². The Balaban J connectivity index is 2.00. The van der Waals surface area contributed by atoms with Crippen molar-refractivity contribution in [3.63, 3.8) is 0 Å². The maximum atomic E-state index is 12.7. The highest BCUT2D eigenvalue weighted by molar-refractivity contribution is 5.91. The lowest BCUT2D eigenvalue weighted by Crippen LogP contribution is -2.57. The normalized spacial score (nSPS) is 13.5. The van der Waals surface area contributed by atoms with Crippen LogP contribution in [0.2, 0.25) is 0 Å². The van der Waals surface area contributed by atoms with Crippen LogP contribution in [0.1, 0.15) is 29.2 Å². The lowest BCUT2D eigenvalue weighted by atomic mass is 10.00. The Morgan fingerprint density at radius 1 is 1.00 bits per heavy atom. The molecule has 0 radical (unpaired) electrons. The molecule has 0 spiro atoms. The van der Waals surface area contributed by atoms with E-state index >= 15 is 0 Å². The molecule has 3 amide bonds. The van der Waals surface area contributed by atoms with Crippen LogP contribution in [0.3, 0.4) is 0 Å². The van der Waals surface area contributed by atoms with Gasteiger partial charge in [0, 0.05) is 6.42 Å². The van der Waals surface area contributed by atoms with Crippen molar-refractivity contribution in [3.05, 3.63) is 70.8 Å². The van der Waals surface area contributed by atoms with Gasteiger partial charge in [-0.05, 0) is 43.0 Å². The number of aliphatic hydroxyl groups excluding tert-OH is 1. The van der Waals surface area contributed by atoms with Crippen molar-refractivity contribution in [2.75, 3.05) is 0 Å². The van der Waals surface area contributed by atoms with E-state index in [2.05, 4.69) is 10.6 Å². The maximum Gasteiger partial charge on any atom is 0.408 e. The number of aryl methyl sites for hydroxylation is 2. The molecule has 2 rings (SSSR count). The first-order valence-electron chi connectivity index (χ1n) is 9.98. The number of rotatable bonds is 9. The minimum absolute atomic E-state index is 0.0114. The minimum Gasteiger partial charge on any atom is -0.445 e. The van der Waals surface area contributed by atoms with Gasteiger partial charge in [-0.2, -0.15) is 0 Å². The summed E-state index contributed by atoms with van der Waals surface area (Å²) in [6.07, 6.45) is -1.90. The summed E-state index contributed by atoms with van der Waals surface area (Å²) in [5, 5.41) is 14.8. The summed E-state index contributed by atoms with van der Waals surface area (Å²) >= 11 is 0. The number of benzene rings is 2. The van der Waals surface area contributed by atoms with Crippen LogP contribution < -0.4 is 16.4 Å². The van der Waals surface area contributed by atoms with Crippen LogP contribution in [0.4, 0.5) is 4.79 Å². The van der Waals surface area contributed by atoms with Gasteiger partial charge in [0.1, 0.15) is 18.7 Å². The molecular weight excluding hydrogens is 398 g/mol. The van der Waals surface area contributed by atoms with Gasteiger partial charge in [-0.15, -0.1) is 0 Å². The molecular formula is C23H29N3O5. The Bertz CT molecular complexity index is 915. The second-order valence-electron chi connectivity index (χ2n) is 7.51. The molecule has 5 N–H and O–H groups in total. The Hall–Kier alpha value is -3.39. The molecule has 0 aromatic heterocycles. The first-order valence-corrected chi connectivity index (χ1v) is 9.98. The molecule has 0 saturated heterocycles. The zero-order valence-electron chi connectivity index (χ0n) is 17.9. The van der Waals surface area contributed by atoms with Crippen molar-refractivity contribution in [2.45, 2.75) is 52.0 Å². The molecule has 31 heavy (non-hydrogen) atoms. The van der Waals surface area contributed by atoms with E-state index in [4.69, 9.17) is 10.5 Å². The molecule has 0 bridgehead atoms. The fraction of sp³-hybridized carbons (Fsp3) is 0.348. The van der Waals surface area contributed by atoms with Gasteiger partial charge < -0.3 is 26.2 Å². The maximum absolute atomic E-state index is 12.7. The molecule has 0 aliphatic rings. The number of primary amides is 1. The van der Waals surface area contributed by atoms with Crippen LogP contribution in [0.5, 0.6) is 0 Å². The molecule has 0 heterocycles. The van der Waals surface area contributed by atoms with Crippen molar-refractivity contribution in [2.24, 2.45) is 5.73 Å². The third-order valence-corrected chi connectivity index (χ3v) is 4.92. The van der Waals surface area contributed by atoms with E-state index < -0.39 is 36.1 Å². The van der Waals surface area contributed by atoms with Crippen LogP contribution in [0.25, 0.3) is 0 Å². The van der Waals surface area contributed by atoms with Gasteiger partial charge in [0.15, 0.2) is 0 Å². The van der Waals surface area contributed by atoms with E-state index in [1.54, 1.807) is 12.1 Å². The molecule has 8 heteroatoms.